The largest absolute Gasteiger partial charge is 0.468 e. The summed E-state index contributed by atoms with van der Waals surface area (Å²) in [5.74, 6) is 1.87. The Labute approximate surface area is 288 Å². The van der Waals surface area contributed by atoms with Gasteiger partial charge in [-0.3, -0.25) is 0 Å². The highest BCUT2D eigenvalue weighted by Crippen LogP contribution is 2.45. The van der Waals surface area contributed by atoms with E-state index in [-0.39, 0.29) is 6.71 Å². The van der Waals surface area contributed by atoms with Crippen LogP contribution in [0.15, 0.2) is 173 Å². The molecule has 0 bridgehead atoms. The molecule has 0 radical (unpaired) electrons. The van der Waals surface area contributed by atoms with E-state index in [0.29, 0.717) is 17.5 Å². The molecule has 6 aromatic carbocycles. The lowest BCUT2D eigenvalue weighted by molar-refractivity contribution is 0.636. The maximum absolute atomic E-state index is 6.74. The average Bonchev–Trinajstić information content (AvgIpc) is 3.77. The zero-order chi connectivity index (χ0) is 33.0. The molecule has 50 heavy (non-hydrogen) atoms. The average molecular weight is 643 g/mol. The Bertz CT molecular complexity index is 2520. The van der Waals surface area contributed by atoms with Gasteiger partial charge in [0.1, 0.15) is 22.5 Å². The lowest BCUT2D eigenvalue weighted by Crippen LogP contribution is -2.56. The molecule has 0 amide bonds. The molecule has 0 unspecified atom stereocenters. The third-order valence-electron chi connectivity index (χ3n) is 9.38. The van der Waals surface area contributed by atoms with Crippen LogP contribution in [0.4, 0.5) is 17.1 Å². The fourth-order valence-corrected chi connectivity index (χ4v) is 7.09. The molecule has 3 aromatic heterocycles. The van der Waals surface area contributed by atoms with Crippen LogP contribution in [0.25, 0.3) is 56.1 Å². The van der Waals surface area contributed by atoms with Crippen molar-refractivity contribution in [3.05, 3.63) is 164 Å². The zero-order valence-corrected chi connectivity index (χ0v) is 26.8. The van der Waals surface area contributed by atoms with Gasteiger partial charge in [-0.2, -0.15) is 0 Å². The van der Waals surface area contributed by atoms with Crippen LogP contribution < -0.4 is 21.7 Å². The summed E-state index contributed by atoms with van der Waals surface area (Å²) in [6, 6.07) is 55.5. The molecular formula is C43H27BN4O2. The summed E-state index contributed by atoms with van der Waals surface area (Å²) in [4.78, 5) is 17.1. The first-order valence-corrected chi connectivity index (χ1v) is 16.7. The number of furan rings is 2. The van der Waals surface area contributed by atoms with Crippen LogP contribution in [0, 0.1) is 0 Å². The van der Waals surface area contributed by atoms with Crippen LogP contribution in [0.2, 0.25) is 0 Å². The van der Waals surface area contributed by atoms with E-state index in [1.165, 1.54) is 0 Å². The molecule has 10 rings (SSSR count). The van der Waals surface area contributed by atoms with E-state index in [4.69, 9.17) is 23.8 Å². The number of fused-ring (bicyclic) bond motifs is 6. The first-order chi connectivity index (χ1) is 24.8. The molecule has 0 fully saturated rings. The summed E-state index contributed by atoms with van der Waals surface area (Å²) < 4.78 is 13.5. The molecule has 234 valence electrons. The van der Waals surface area contributed by atoms with Crippen molar-refractivity contribution in [2.45, 2.75) is 0 Å². The number of para-hydroxylation sites is 2. The lowest BCUT2D eigenvalue weighted by atomic mass is 9.39. The molecule has 9 aromatic rings. The maximum atomic E-state index is 6.74. The van der Waals surface area contributed by atoms with E-state index in [1.807, 2.05) is 91.0 Å². The summed E-state index contributed by atoms with van der Waals surface area (Å²) in [5, 5.41) is 2.09. The SMILES string of the molecule is c1ccc(B2c3oc4ccccc4c3N(c3ccc(-c4nc(-c5ccccc5)nc(-c5ccccc5)n4)cc3)c3c2oc2ccccc32)cc1. The monoisotopic (exact) mass is 642 g/mol. The first kappa shape index (κ1) is 28.3. The molecule has 7 heteroatoms. The van der Waals surface area contributed by atoms with Gasteiger partial charge in [-0.15, -0.1) is 0 Å². The van der Waals surface area contributed by atoms with Crippen molar-refractivity contribution in [1.82, 2.24) is 15.0 Å². The number of benzene rings is 6. The highest BCUT2D eigenvalue weighted by Gasteiger charge is 2.44. The van der Waals surface area contributed by atoms with Gasteiger partial charge in [-0.05, 0) is 48.5 Å². The molecule has 0 saturated heterocycles. The lowest BCUT2D eigenvalue weighted by Gasteiger charge is -2.31. The summed E-state index contributed by atoms with van der Waals surface area (Å²) in [5.41, 5.74) is 10.2. The Balaban J connectivity index is 1.16. The second-order valence-corrected chi connectivity index (χ2v) is 12.4. The van der Waals surface area contributed by atoms with Crippen LogP contribution in [-0.4, -0.2) is 21.7 Å². The van der Waals surface area contributed by atoms with E-state index in [9.17, 15) is 0 Å². The van der Waals surface area contributed by atoms with E-state index in [1.54, 1.807) is 0 Å². The quantitative estimate of drug-likeness (QED) is 0.175. The standard InChI is InChI=1S/C43H27BN4O2/c1-4-14-28(15-5-1)41-45-42(29-16-6-2-7-17-29)47-43(46-41)30-24-26-32(27-25-30)48-37-33-20-10-12-22-35(33)49-39(37)44(31-18-8-3-9-19-31)40-38(48)34-21-11-13-23-36(34)50-40/h1-27H. The van der Waals surface area contributed by atoms with Crippen LogP contribution in [0.3, 0.4) is 0 Å². The Hall–Kier alpha value is -6.73. The third kappa shape index (κ3) is 4.55. The minimum atomic E-state index is -0.213. The van der Waals surface area contributed by atoms with Crippen LogP contribution in [0.5, 0.6) is 0 Å². The highest BCUT2D eigenvalue weighted by atomic mass is 16.4. The van der Waals surface area contributed by atoms with Crippen molar-refractivity contribution in [3.8, 4) is 34.2 Å². The van der Waals surface area contributed by atoms with Gasteiger partial charge in [-0.1, -0.05) is 121 Å². The van der Waals surface area contributed by atoms with Gasteiger partial charge in [0.05, 0.1) is 11.4 Å². The molecule has 6 nitrogen and oxygen atoms in total. The highest BCUT2D eigenvalue weighted by molar-refractivity contribution is 6.97. The molecule has 0 N–H and O–H groups in total. The number of hydrogen-bond acceptors (Lipinski definition) is 6. The fourth-order valence-electron chi connectivity index (χ4n) is 7.09. The van der Waals surface area contributed by atoms with Crippen LogP contribution in [0.1, 0.15) is 0 Å². The van der Waals surface area contributed by atoms with Crippen LogP contribution >= 0.6 is 0 Å². The molecule has 1 aliphatic heterocycles. The number of aromatic nitrogens is 3. The van der Waals surface area contributed by atoms with Crippen molar-refractivity contribution in [2.75, 3.05) is 4.90 Å². The molecule has 0 atom stereocenters. The second kappa shape index (κ2) is 11.5. The predicted octanol–water partition coefficient (Wildman–Crippen LogP) is 8.66. The van der Waals surface area contributed by atoms with Gasteiger partial charge >= 0.3 is 6.71 Å². The molecule has 1 aliphatic rings. The van der Waals surface area contributed by atoms with Gasteiger partial charge in [0.25, 0.3) is 0 Å². The summed E-state index contributed by atoms with van der Waals surface area (Å²) >= 11 is 0. The Morgan fingerprint density at radius 2 is 0.800 bits per heavy atom. The van der Waals surface area contributed by atoms with Gasteiger partial charge in [0.2, 0.25) is 0 Å². The first-order valence-electron chi connectivity index (χ1n) is 16.7. The van der Waals surface area contributed by atoms with Crippen molar-refractivity contribution in [3.63, 3.8) is 0 Å². The van der Waals surface area contributed by atoms with Gasteiger partial charge < -0.3 is 13.7 Å². The van der Waals surface area contributed by atoms with Crippen molar-refractivity contribution >= 4 is 62.5 Å². The second-order valence-electron chi connectivity index (χ2n) is 12.4. The van der Waals surface area contributed by atoms with E-state index in [0.717, 1.165) is 72.5 Å². The van der Waals surface area contributed by atoms with E-state index < -0.39 is 0 Å². The molecular weight excluding hydrogens is 615 g/mol. The third-order valence-corrected chi connectivity index (χ3v) is 9.38. The zero-order valence-electron chi connectivity index (χ0n) is 26.8. The summed E-state index contributed by atoms with van der Waals surface area (Å²) in [6.45, 7) is -0.213. The number of anilines is 3. The number of hydrogen-bond donors (Lipinski definition) is 0. The van der Waals surface area contributed by atoms with Crippen molar-refractivity contribution in [2.24, 2.45) is 0 Å². The Morgan fingerprint density at radius 1 is 0.400 bits per heavy atom. The van der Waals surface area contributed by atoms with Crippen molar-refractivity contribution < 1.29 is 8.83 Å². The molecule has 0 spiro atoms. The summed E-state index contributed by atoms with van der Waals surface area (Å²) in [7, 11) is 0. The maximum Gasteiger partial charge on any atom is 0.338 e. The topological polar surface area (TPSA) is 68.2 Å². The molecule has 4 heterocycles. The normalized spacial score (nSPS) is 12.3. The minimum absolute atomic E-state index is 0.213. The number of nitrogens with zero attached hydrogens (tertiary/aromatic N) is 4. The molecule has 0 aliphatic carbocycles. The van der Waals surface area contributed by atoms with Crippen LogP contribution in [-0.2, 0) is 0 Å². The number of rotatable bonds is 5. The fraction of sp³-hybridized carbons (Fsp3) is 0. The Kier molecular flexibility index (Phi) is 6.49. The summed E-state index contributed by atoms with van der Waals surface area (Å²) in [6.07, 6.45) is 0. The minimum Gasteiger partial charge on any atom is -0.468 e. The van der Waals surface area contributed by atoms with Crippen molar-refractivity contribution in [1.29, 1.82) is 0 Å². The van der Waals surface area contributed by atoms with E-state index >= 15 is 0 Å². The molecule has 0 saturated carbocycles. The van der Waals surface area contributed by atoms with Gasteiger partial charge in [0.15, 0.2) is 17.5 Å². The van der Waals surface area contributed by atoms with Gasteiger partial charge in [-0.25, -0.2) is 15.0 Å². The smallest absolute Gasteiger partial charge is 0.338 e. The van der Waals surface area contributed by atoms with E-state index in [2.05, 4.69) is 77.7 Å². The van der Waals surface area contributed by atoms with Gasteiger partial charge in [0, 0.05) is 33.2 Å². The predicted molar refractivity (Wildman–Crippen MR) is 201 cm³/mol. The Morgan fingerprint density at radius 3 is 1.28 bits per heavy atom.